The van der Waals surface area contributed by atoms with Crippen LogP contribution in [-0.4, -0.2) is 21.2 Å². The fraction of sp³-hybridized carbons (Fsp3) is 0.158. The Hall–Kier alpha value is -2.12. The first-order chi connectivity index (χ1) is 12.6. The van der Waals surface area contributed by atoms with E-state index in [0.29, 0.717) is 12.1 Å². The molecule has 0 atom stereocenters. The number of halogens is 2. The standard InChI is InChI=1S/C19H15BrFN3OS/c20-14-5-1-13(2-6-14)18(25)22-11-16-17(12-3-7-15(21)8-4-12)23-19-24(16)9-10-26-19/h1-8H,9-11H2,(H,22,25). The summed E-state index contributed by atoms with van der Waals surface area (Å²) in [5.74, 6) is 0.559. The van der Waals surface area contributed by atoms with E-state index in [2.05, 4.69) is 25.8 Å². The SMILES string of the molecule is O=C(NCc1c(-c2ccc(F)cc2)nc2n1CCS2)c1ccc(Br)cc1. The lowest BCUT2D eigenvalue weighted by Crippen LogP contribution is -2.24. The summed E-state index contributed by atoms with van der Waals surface area (Å²) in [6, 6.07) is 13.5. The number of thioether (sulfide) groups is 1. The van der Waals surface area contributed by atoms with Gasteiger partial charge in [0.15, 0.2) is 5.16 Å². The molecule has 3 aromatic rings. The third-order valence-corrected chi connectivity index (χ3v) is 5.71. The summed E-state index contributed by atoms with van der Waals surface area (Å²) in [7, 11) is 0. The van der Waals surface area contributed by atoms with Crippen LogP contribution >= 0.6 is 27.7 Å². The molecule has 132 valence electrons. The average molecular weight is 432 g/mol. The highest BCUT2D eigenvalue weighted by atomic mass is 79.9. The van der Waals surface area contributed by atoms with Gasteiger partial charge in [-0.25, -0.2) is 9.37 Å². The van der Waals surface area contributed by atoms with Crippen molar-refractivity contribution in [3.8, 4) is 11.3 Å². The fourth-order valence-corrected chi connectivity index (χ4v) is 4.15. The van der Waals surface area contributed by atoms with Crippen molar-refractivity contribution in [2.45, 2.75) is 18.2 Å². The number of hydrogen-bond acceptors (Lipinski definition) is 3. The number of hydrogen-bond donors (Lipinski definition) is 1. The van der Waals surface area contributed by atoms with E-state index in [0.717, 1.165) is 38.9 Å². The number of nitrogens with zero attached hydrogens (tertiary/aromatic N) is 2. The molecule has 0 radical (unpaired) electrons. The Kier molecular flexibility index (Phi) is 4.82. The number of amides is 1. The van der Waals surface area contributed by atoms with E-state index in [1.54, 1.807) is 36.0 Å². The molecule has 1 N–H and O–H groups in total. The smallest absolute Gasteiger partial charge is 0.251 e. The number of imidazole rings is 1. The molecule has 0 spiro atoms. The second-order valence-electron chi connectivity index (χ2n) is 5.89. The maximum absolute atomic E-state index is 13.2. The van der Waals surface area contributed by atoms with Crippen molar-refractivity contribution in [3.05, 3.63) is 70.1 Å². The topological polar surface area (TPSA) is 46.9 Å². The molecule has 1 aliphatic rings. The lowest BCUT2D eigenvalue weighted by Gasteiger charge is -2.10. The molecule has 0 saturated carbocycles. The summed E-state index contributed by atoms with van der Waals surface area (Å²) < 4.78 is 16.3. The first-order valence-corrected chi connectivity index (χ1v) is 9.91. The van der Waals surface area contributed by atoms with Crippen LogP contribution in [0.2, 0.25) is 0 Å². The molecular weight excluding hydrogens is 417 g/mol. The van der Waals surface area contributed by atoms with Crippen molar-refractivity contribution < 1.29 is 9.18 Å². The maximum atomic E-state index is 13.2. The van der Waals surface area contributed by atoms with Crippen molar-refractivity contribution in [2.24, 2.45) is 0 Å². The molecular formula is C19H15BrFN3OS. The van der Waals surface area contributed by atoms with E-state index in [1.165, 1.54) is 12.1 Å². The van der Waals surface area contributed by atoms with Gasteiger partial charge in [-0.15, -0.1) is 0 Å². The largest absolute Gasteiger partial charge is 0.346 e. The Morgan fingerprint density at radius 3 is 2.65 bits per heavy atom. The minimum atomic E-state index is -0.278. The van der Waals surface area contributed by atoms with Gasteiger partial charge < -0.3 is 9.88 Å². The molecule has 0 unspecified atom stereocenters. The summed E-state index contributed by atoms with van der Waals surface area (Å²) in [5.41, 5.74) is 3.19. The van der Waals surface area contributed by atoms with E-state index in [9.17, 15) is 9.18 Å². The Bertz CT molecular complexity index is 954. The Morgan fingerprint density at radius 1 is 1.19 bits per heavy atom. The van der Waals surface area contributed by atoms with Crippen LogP contribution in [0.5, 0.6) is 0 Å². The summed E-state index contributed by atoms with van der Waals surface area (Å²) in [6.07, 6.45) is 0. The molecule has 1 aliphatic heterocycles. The number of rotatable bonds is 4. The minimum absolute atomic E-state index is 0.135. The summed E-state index contributed by atoms with van der Waals surface area (Å²) in [4.78, 5) is 17.1. The monoisotopic (exact) mass is 431 g/mol. The molecule has 2 heterocycles. The van der Waals surface area contributed by atoms with Crippen LogP contribution in [-0.2, 0) is 13.1 Å². The highest BCUT2D eigenvalue weighted by Gasteiger charge is 2.23. The van der Waals surface area contributed by atoms with Gasteiger partial charge in [-0.1, -0.05) is 27.7 Å². The molecule has 1 aromatic heterocycles. The van der Waals surface area contributed by atoms with Crippen molar-refractivity contribution in [1.29, 1.82) is 0 Å². The van der Waals surface area contributed by atoms with Crippen LogP contribution in [0.1, 0.15) is 16.1 Å². The van der Waals surface area contributed by atoms with Crippen molar-refractivity contribution in [2.75, 3.05) is 5.75 Å². The van der Waals surface area contributed by atoms with Gasteiger partial charge in [0.25, 0.3) is 5.91 Å². The van der Waals surface area contributed by atoms with Gasteiger partial charge in [0.2, 0.25) is 0 Å². The zero-order valence-corrected chi connectivity index (χ0v) is 16.1. The number of aromatic nitrogens is 2. The number of carbonyl (C=O) groups is 1. The molecule has 0 aliphatic carbocycles. The van der Waals surface area contributed by atoms with E-state index < -0.39 is 0 Å². The van der Waals surface area contributed by atoms with Crippen LogP contribution < -0.4 is 5.32 Å². The number of fused-ring (bicyclic) bond motifs is 1. The highest BCUT2D eigenvalue weighted by Crippen LogP contribution is 2.33. The Morgan fingerprint density at radius 2 is 1.92 bits per heavy atom. The molecule has 1 amide bonds. The van der Waals surface area contributed by atoms with Crippen LogP contribution in [0.25, 0.3) is 11.3 Å². The van der Waals surface area contributed by atoms with Crippen LogP contribution in [0, 0.1) is 5.82 Å². The summed E-state index contributed by atoms with van der Waals surface area (Å²) in [5, 5.41) is 3.92. The van der Waals surface area contributed by atoms with E-state index >= 15 is 0 Å². The third-order valence-electron chi connectivity index (χ3n) is 4.22. The molecule has 4 rings (SSSR count). The normalized spacial score (nSPS) is 12.8. The first kappa shape index (κ1) is 17.3. The fourth-order valence-electron chi connectivity index (χ4n) is 2.92. The van der Waals surface area contributed by atoms with Gasteiger partial charge in [0.1, 0.15) is 5.82 Å². The average Bonchev–Trinajstić information content (AvgIpc) is 3.22. The zero-order chi connectivity index (χ0) is 18.1. The Balaban J connectivity index is 1.60. The number of benzene rings is 2. The van der Waals surface area contributed by atoms with E-state index in [1.807, 2.05) is 12.1 Å². The first-order valence-electron chi connectivity index (χ1n) is 8.14. The van der Waals surface area contributed by atoms with Crippen LogP contribution in [0.4, 0.5) is 4.39 Å². The predicted octanol–water partition coefficient (Wildman–Crippen LogP) is 4.49. The summed E-state index contributed by atoms with van der Waals surface area (Å²) >= 11 is 5.06. The predicted molar refractivity (Wildman–Crippen MR) is 104 cm³/mol. The molecule has 2 aromatic carbocycles. The second kappa shape index (κ2) is 7.25. The molecule has 4 nitrogen and oxygen atoms in total. The second-order valence-corrected chi connectivity index (χ2v) is 7.86. The molecule has 0 saturated heterocycles. The van der Waals surface area contributed by atoms with Gasteiger partial charge in [-0.3, -0.25) is 4.79 Å². The minimum Gasteiger partial charge on any atom is -0.346 e. The molecule has 0 fully saturated rings. The van der Waals surface area contributed by atoms with Crippen molar-refractivity contribution >= 4 is 33.6 Å². The van der Waals surface area contributed by atoms with Crippen molar-refractivity contribution in [3.63, 3.8) is 0 Å². The highest BCUT2D eigenvalue weighted by molar-refractivity contribution is 9.10. The number of carbonyl (C=O) groups excluding carboxylic acids is 1. The Labute approximate surface area is 163 Å². The lowest BCUT2D eigenvalue weighted by atomic mass is 10.1. The van der Waals surface area contributed by atoms with Gasteiger partial charge in [-0.2, -0.15) is 0 Å². The zero-order valence-electron chi connectivity index (χ0n) is 13.7. The van der Waals surface area contributed by atoms with Gasteiger partial charge in [0, 0.05) is 27.9 Å². The van der Waals surface area contributed by atoms with Gasteiger partial charge >= 0.3 is 0 Å². The quantitative estimate of drug-likeness (QED) is 0.661. The molecule has 0 bridgehead atoms. The number of nitrogens with one attached hydrogen (secondary N) is 1. The van der Waals surface area contributed by atoms with Crippen molar-refractivity contribution in [1.82, 2.24) is 14.9 Å². The van der Waals surface area contributed by atoms with Crippen LogP contribution in [0.3, 0.4) is 0 Å². The molecule has 7 heteroatoms. The lowest BCUT2D eigenvalue weighted by molar-refractivity contribution is 0.0950. The van der Waals surface area contributed by atoms with Gasteiger partial charge in [-0.05, 0) is 48.5 Å². The van der Waals surface area contributed by atoms with E-state index in [-0.39, 0.29) is 11.7 Å². The summed E-state index contributed by atoms with van der Waals surface area (Å²) in [6.45, 7) is 1.23. The van der Waals surface area contributed by atoms with Crippen LogP contribution in [0.15, 0.2) is 58.2 Å². The van der Waals surface area contributed by atoms with Gasteiger partial charge in [0.05, 0.1) is 17.9 Å². The molecule has 26 heavy (non-hydrogen) atoms. The third kappa shape index (κ3) is 3.41. The van der Waals surface area contributed by atoms with E-state index in [4.69, 9.17) is 4.98 Å². The maximum Gasteiger partial charge on any atom is 0.251 e.